The average Bonchev–Trinajstić information content (AvgIpc) is 3.32. The van der Waals surface area contributed by atoms with E-state index in [0.29, 0.717) is 36.5 Å². The van der Waals surface area contributed by atoms with Crippen LogP contribution in [0.25, 0.3) is 10.9 Å². The van der Waals surface area contributed by atoms with Crippen LogP contribution in [0.4, 0.5) is 4.39 Å². The van der Waals surface area contributed by atoms with Crippen molar-refractivity contribution >= 4 is 16.7 Å². The first kappa shape index (κ1) is 19.9. The molecule has 0 bridgehead atoms. The number of benzene rings is 1. The number of rotatable bonds is 5. The van der Waals surface area contributed by atoms with Crippen LogP contribution in [0.1, 0.15) is 54.8 Å². The van der Waals surface area contributed by atoms with Crippen molar-refractivity contribution in [2.24, 2.45) is 17.8 Å². The van der Waals surface area contributed by atoms with E-state index in [4.69, 9.17) is 6.42 Å². The molecule has 3 aromatic rings. The SMILES string of the molecule is C#Cc1ccc(CC(=O)CC2C[C@@H]3CC(c4ccnc5ccc(F)cc45)C[C@@H]3C2)nc1. The van der Waals surface area contributed by atoms with Gasteiger partial charge in [0.15, 0.2) is 0 Å². The van der Waals surface area contributed by atoms with Crippen LogP contribution in [0.5, 0.6) is 0 Å². The van der Waals surface area contributed by atoms with Crippen molar-refractivity contribution in [2.45, 2.75) is 44.4 Å². The zero-order chi connectivity index (χ0) is 21.4. The summed E-state index contributed by atoms with van der Waals surface area (Å²) in [4.78, 5) is 21.3. The lowest BCUT2D eigenvalue weighted by Gasteiger charge is -2.16. The quantitative estimate of drug-likeness (QED) is 0.522. The van der Waals surface area contributed by atoms with E-state index >= 15 is 0 Å². The predicted molar refractivity (Wildman–Crippen MR) is 119 cm³/mol. The Hall–Kier alpha value is -3.06. The molecular formula is C27H25FN2O. The van der Waals surface area contributed by atoms with Crippen molar-refractivity contribution in [1.29, 1.82) is 0 Å². The Balaban J connectivity index is 1.20. The van der Waals surface area contributed by atoms with E-state index < -0.39 is 0 Å². The third-order valence-corrected chi connectivity index (χ3v) is 7.18. The maximum atomic E-state index is 13.8. The van der Waals surface area contributed by atoms with E-state index in [-0.39, 0.29) is 11.6 Å². The second-order valence-corrected chi connectivity index (χ2v) is 9.19. The summed E-state index contributed by atoms with van der Waals surface area (Å²) in [6, 6.07) is 10.6. The number of fused-ring (bicyclic) bond motifs is 2. The van der Waals surface area contributed by atoms with Crippen LogP contribution in [-0.4, -0.2) is 15.8 Å². The molecule has 5 rings (SSSR count). The number of halogens is 1. The molecule has 2 fully saturated rings. The first-order chi connectivity index (χ1) is 15.1. The van der Waals surface area contributed by atoms with Crippen molar-refractivity contribution < 1.29 is 9.18 Å². The second kappa shape index (κ2) is 8.23. The molecule has 156 valence electrons. The van der Waals surface area contributed by atoms with Gasteiger partial charge in [0.25, 0.3) is 0 Å². The molecule has 2 aromatic heterocycles. The molecule has 1 aromatic carbocycles. The maximum Gasteiger partial charge on any atom is 0.139 e. The van der Waals surface area contributed by atoms with E-state index in [9.17, 15) is 9.18 Å². The van der Waals surface area contributed by atoms with Crippen molar-refractivity contribution in [3.05, 3.63) is 71.4 Å². The van der Waals surface area contributed by atoms with Crippen molar-refractivity contribution in [1.82, 2.24) is 9.97 Å². The van der Waals surface area contributed by atoms with Gasteiger partial charge in [-0.3, -0.25) is 14.8 Å². The van der Waals surface area contributed by atoms with Gasteiger partial charge >= 0.3 is 0 Å². The molecule has 2 aliphatic carbocycles. The molecule has 0 spiro atoms. The zero-order valence-electron chi connectivity index (χ0n) is 17.4. The summed E-state index contributed by atoms with van der Waals surface area (Å²) < 4.78 is 13.8. The van der Waals surface area contributed by atoms with Gasteiger partial charge in [-0.1, -0.05) is 5.92 Å². The van der Waals surface area contributed by atoms with E-state index in [1.54, 1.807) is 18.3 Å². The van der Waals surface area contributed by atoms with Gasteiger partial charge in [-0.25, -0.2) is 4.39 Å². The molecule has 4 heteroatoms. The first-order valence-electron chi connectivity index (χ1n) is 11.1. The fourth-order valence-electron chi connectivity index (χ4n) is 5.87. The highest BCUT2D eigenvalue weighted by Crippen LogP contribution is 2.53. The van der Waals surface area contributed by atoms with Crippen molar-refractivity contribution in [2.75, 3.05) is 0 Å². The lowest BCUT2D eigenvalue weighted by Crippen LogP contribution is -2.11. The number of Topliss-reactive ketones (excluding diaryl/α,β-unsaturated/α-hetero) is 1. The summed E-state index contributed by atoms with van der Waals surface area (Å²) >= 11 is 0. The third-order valence-electron chi connectivity index (χ3n) is 7.18. The van der Waals surface area contributed by atoms with Gasteiger partial charge in [-0.15, -0.1) is 6.42 Å². The number of terminal acetylenes is 1. The molecule has 2 aliphatic rings. The number of nitrogens with zero attached hydrogens (tertiary/aromatic N) is 2. The van der Waals surface area contributed by atoms with Gasteiger partial charge < -0.3 is 0 Å². The summed E-state index contributed by atoms with van der Waals surface area (Å²) in [6.45, 7) is 0. The molecule has 0 aliphatic heterocycles. The Bertz CT molecular complexity index is 1150. The Morgan fingerprint density at radius 1 is 1.06 bits per heavy atom. The normalized spacial score (nSPS) is 24.8. The molecule has 4 atom stereocenters. The summed E-state index contributed by atoms with van der Waals surface area (Å²) in [7, 11) is 0. The summed E-state index contributed by atoms with van der Waals surface area (Å²) in [5.74, 6) is 4.85. The monoisotopic (exact) mass is 412 g/mol. The van der Waals surface area contributed by atoms with Gasteiger partial charge in [-0.2, -0.15) is 0 Å². The molecule has 31 heavy (non-hydrogen) atoms. The lowest BCUT2D eigenvalue weighted by molar-refractivity contribution is -0.119. The number of carbonyl (C=O) groups is 1. The molecule has 2 heterocycles. The van der Waals surface area contributed by atoms with E-state index in [0.717, 1.165) is 47.8 Å². The summed E-state index contributed by atoms with van der Waals surface area (Å²) in [6.07, 6.45) is 14.4. The second-order valence-electron chi connectivity index (χ2n) is 9.19. The number of aromatic nitrogens is 2. The molecule has 0 N–H and O–H groups in total. The van der Waals surface area contributed by atoms with Gasteiger partial charge in [0.2, 0.25) is 0 Å². The molecule has 0 amide bonds. The smallest absolute Gasteiger partial charge is 0.139 e. The van der Waals surface area contributed by atoms with Crippen LogP contribution < -0.4 is 0 Å². The van der Waals surface area contributed by atoms with Gasteiger partial charge in [0, 0.05) is 41.9 Å². The van der Waals surface area contributed by atoms with Crippen LogP contribution in [0.2, 0.25) is 0 Å². The lowest BCUT2D eigenvalue weighted by atomic mass is 9.89. The number of carbonyl (C=O) groups excluding carboxylic acids is 1. The molecule has 0 radical (unpaired) electrons. The molecule has 2 unspecified atom stereocenters. The number of pyridine rings is 2. The minimum atomic E-state index is -0.207. The highest BCUT2D eigenvalue weighted by Gasteiger charge is 2.42. The standard InChI is InChI=1S/C27H25FN2O/c1-2-17-3-5-23(30-16-17)15-24(31)11-18-9-19-12-21(13-20(19)10-18)25-7-8-29-27-6-4-22(28)14-26(25)27/h1,3-8,14,16,18-21H,9-13,15H2/t18?,19-,20+,21?. The minimum Gasteiger partial charge on any atom is -0.299 e. The number of hydrogen-bond acceptors (Lipinski definition) is 3. The Morgan fingerprint density at radius 2 is 1.87 bits per heavy atom. The van der Waals surface area contributed by atoms with Crippen LogP contribution in [0.3, 0.4) is 0 Å². The minimum absolute atomic E-state index is 0.207. The zero-order valence-corrected chi connectivity index (χ0v) is 17.4. The molecular weight excluding hydrogens is 387 g/mol. The Morgan fingerprint density at radius 3 is 2.58 bits per heavy atom. The van der Waals surface area contributed by atoms with Crippen LogP contribution >= 0.6 is 0 Å². The fourth-order valence-corrected chi connectivity index (χ4v) is 5.87. The Labute approximate surface area is 182 Å². The predicted octanol–water partition coefficient (Wildman–Crippen LogP) is 5.47. The average molecular weight is 413 g/mol. The highest BCUT2D eigenvalue weighted by molar-refractivity contribution is 5.82. The topological polar surface area (TPSA) is 42.9 Å². The summed E-state index contributed by atoms with van der Waals surface area (Å²) in [5.41, 5.74) is 3.62. The largest absolute Gasteiger partial charge is 0.299 e. The Kier molecular flexibility index (Phi) is 5.28. The molecule has 0 saturated heterocycles. The summed E-state index contributed by atoms with van der Waals surface area (Å²) in [5, 5.41) is 0.947. The van der Waals surface area contributed by atoms with Crippen molar-refractivity contribution in [3.63, 3.8) is 0 Å². The van der Waals surface area contributed by atoms with E-state index in [1.165, 1.54) is 11.6 Å². The highest BCUT2D eigenvalue weighted by atomic mass is 19.1. The van der Waals surface area contributed by atoms with Crippen LogP contribution in [-0.2, 0) is 11.2 Å². The van der Waals surface area contributed by atoms with Crippen LogP contribution in [0.15, 0.2) is 48.8 Å². The number of hydrogen-bond donors (Lipinski definition) is 0. The fraction of sp³-hybridized carbons (Fsp3) is 0.370. The van der Waals surface area contributed by atoms with E-state index in [1.807, 2.05) is 18.3 Å². The van der Waals surface area contributed by atoms with Crippen LogP contribution in [0, 0.1) is 35.9 Å². The maximum absolute atomic E-state index is 13.8. The van der Waals surface area contributed by atoms with E-state index in [2.05, 4.69) is 22.0 Å². The van der Waals surface area contributed by atoms with Gasteiger partial charge in [-0.05, 0) is 91.3 Å². The molecule has 3 nitrogen and oxygen atoms in total. The van der Waals surface area contributed by atoms with Crippen molar-refractivity contribution in [3.8, 4) is 12.3 Å². The molecule has 2 saturated carbocycles. The number of ketones is 1. The van der Waals surface area contributed by atoms with Gasteiger partial charge in [0.05, 0.1) is 5.52 Å². The third kappa shape index (κ3) is 4.10. The first-order valence-corrected chi connectivity index (χ1v) is 11.1. The van der Waals surface area contributed by atoms with Gasteiger partial charge in [0.1, 0.15) is 11.6 Å².